The second-order valence-electron chi connectivity index (χ2n) is 5.20. The Balaban J connectivity index is 1.82. The van der Waals surface area contributed by atoms with Gasteiger partial charge in [0, 0.05) is 22.9 Å². The predicted octanol–water partition coefficient (Wildman–Crippen LogP) is 5.55. The molecule has 0 atom stereocenters. The largest absolute Gasteiger partial charge is 0.324 e. The van der Waals surface area contributed by atoms with Crippen LogP contribution >= 0.6 is 27.5 Å². The molecule has 1 aliphatic carbocycles. The molecule has 1 heterocycles. The molecule has 1 aromatic carbocycles. The van der Waals surface area contributed by atoms with E-state index in [0.717, 1.165) is 16.1 Å². The lowest BCUT2D eigenvalue weighted by Crippen LogP contribution is -2.14. The number of hydrogen-bond acceptors (Lipinski definition) is 2. The summed E-state index contributed by atoms with van der Waals surface area (Å²) in [6, 6.07) is 6.38. The summed E-state index contributed by atoms with van der Waals surface area (Å²) in [5, 5.41) is 4.04. The fourth-order valence-corrected chi connectivity index (χ4v) is 3.50. The number of hydrogen-bond donors (Lipinski definition) is 1. The van der Waals surface area contributed by atoms with Crippen LogP contribution in [0.15, 0.2) is 35.1 Å². The molecule has 1 aliphatic rings. The molecule has 1 fully saturated rings. The Bertz CT molecular complexity index is 591. The van der Waals surface area contributed by atoms with Crippen molar-refractivity contribution in [2.45, 2.75) is 38.1 Å². The van der Waals surface area contributed by atoms with Crippen LogP contribution in [0.1, 0.15) is 38.1 Å². The van der Waals surface area contributed by atoms with Gasteiger partial charge in [0.25, 0.3) is 0 Å². The molecule has 3 nitrogen and oxygen atoms in total. The molecule has 0 saturated heterocycles. The zero-order valence-corrected chi connectivity index (χ0v) is 13.5. The molecule has 0 radical (unpaired) electrons. The first kappa shape index (κ1) is 14.0. The summed E-state index contributed by atoms with van der Waals surface area (Å²) in [5.41, 5.74) is 0.887. The molecule has 3 rings (SSSR count). The van der Waals surface area contributed by atoms with Crippen LogP contribution in [-0.2, 0) is 0 Å². The van der Waals surface area contributed by atoms with Gasteiger partial charge < -0.3 is 9.88 Å². The maximum Gasteiger partial charge on any atom is 0.207 e. The highest BCUT2D eigenvalue weighted by molar-refractivity contribution is 9.10. The molecule has 1 saturated carbocycles. The van der Waals surface area contributed by atoms with Crippen LogP contribution in [0.5, 0.6) is 0 Å². The van der Waals surface area contributed by atoms with Crippen LogP contribution in [0.4, 0.5) is 11.6 Å². The molecule has 2 aromatic rings. The summed E-state index contributed by atoms with van der Waals surface area (Å²) in [4.78, 5) is 4.43. The van der Waals surface area contributed by atoms with Gasteiger partial charge in [-0.2, -0.15) is 0 Å². The summed E-state index contributed by atoms with van der Waals surface area (Å²) in [6.45, 7) is 0. The molecular formula is C15H17BrClN3. The summed E-state index contributed by atoms with van der Waals surface area (Å²) >= 11 is 9.67. The second kappa shape index (κ2) is 6.19. The first-order valence-corrected chi connectivity index (χ1v) is 8.16. The average molecular weight is 355 g/mol. The van der Waals surface area contributed by atoms with Gasteiger partial charge in [-0.15, -0.1) is 0 Å². The Morgan fingerprint density at radius 3 is 2.80 bits per heavy atom. The minimum absolute atomic E-state index is 0.558. The minimum Gasteiger partial charge on any atom is -0.324 e. The Kier molecular flexibility index (Phi) is 4.32. The molecule has 1 aromatic heterocycles. The SMILES string of the molecule is Clc1cc(Br)ccc1Nc1nccn1C1CCCCC1. The quantitative estimate of drug-likeness (QED) is 0.783. The van der Waals surface area contributed by atoms with Gasteiger partial charge in [-0.1, -0.05) is 46.8 Å². The summed E-state index contributed by atoms with van der Waals surface area (Å²) in [5.74, 6) is 0.876. The van der Waals surface area contributed by atoms with E-state index in [2.05, 4.69) is 37.0 Å². The number of nitrogens with zero attached hydrogens (tertiary/aromatic N) is 2. The number of benzene rings is 1. The zero-order valence-electron chi connectivity index (χ0n) is 11.1. The van der Waals surface area contributed by atoms with Gasteiger partial charge in [0.05, 0.1) is 10.7 Å². The van der Waals surface area contributed by atoms with Crippen molar-refractivity contribution in [3.8, 4) is 0 Å². The molecule has 0 bridgehead atoms. The third kappa shape index (κ3) is 3.01. The smallest absolute Gasteiger partial charge is 0.207 e. The summed E-state index contributed by atoms with van der Waals surface area (Å²) in [7, 11) is 0. The van der Waals surface area contributed by atoms with E-state index in [-0.39, 0.29) is 0 Å². The highest BCUT2D eigenvalue weighted by Gasteiger charge is 2.18. The van der Waals surface area contributed by atoms with Gasteiger partial charge in [-0.05, 0) is 31.0 Å². The van der Waals surface area contributed by atoms with Gasteiger partial charge in [0.15, 0.2) is 0 Å². The van der Waals surface area contributed by atoms with E-state index in [9.17, 15) is 0 Å². The number of nitrogens with one attached hydrogen (secondary N) is 1. The van der Waals surface area contributed by atoms with E-state index in [1.807, 2.05) is 24.4 Å². The van der Waals surface area contributed by atoms with Crippen molar-refractivity contribution < 1.29 is 0 Å². The molecule has 0 amide bonds. The minimum atomic E-state index is 0.558. The molecule has 106 valence electrons. The highest BCUT2D eigenvalue weighted by atomic mass is 79.9. The van der Waals surface area contributed by atoms with Crippen LogP contribution in [-0.4, -0.2) is 9.55 Å². The number of rotatable bonds is 3. The molecular weight excluding hydrogens is 338 g/mol. The van der Waals surface area contributed by atoms with E-state index in [1.54, 1.807) is 0 Å². The van der Waals surface area contributed by atoms with Crippen molar-refractivity contribution in [1.82, 2.24) is 9.55 Å². The van der Waals surface area contributed by atoms with E-state index >= 15 is 0 Å². The highest BCUT2D eigenvalue weighted by Crippen LogP contribution is 2.32. The van der Waals surface area contributed by atoms with Crippen LogP contribution < -0.4 is 5.32 Å². The molecule has 0 unspecified atom stereocenters. The molecule has 1 N–H and O–H groups in total. The third-order valence-electron chi connectivity index (χ3n) is 3.81. The topological polar surface area (TPSA) is 29.9 Å². The Hall–Kier alpha value is -1.00. The Labute approximate surface area is 132 Å². The fraction of sp³-hybridized carbons (Fsp3) is 0.400. The average Bonchev–Trinajstić information content (AvgIpc) is 2.91. The van der Waals surface area contributed by atoms with Crippen LogP contribution in [0, 0.1) is 0 Å². The van der Waals surface area contributed by atoms with Gasteiger partial charge in [0.1, 0.15) is 0 Å². The van der Waals surface area contributed by atoms with E-state index < -0.39 is 0 Å². The predicted molar refractivity (Wildman–Crippen MR) is 86.8 cm³/mol. The van der Waals surface area contributed by atoms with Gasteiger partial charge in [-0.3, -0.25) is 0 Å². The van der Waals surface area contributed by atoms with Crippen molar-refractivity contribution in [3.05, 3.63) is 40.1 Å². The lowest BCUT2D eigenvalue weighted by atomic mass is 9.95. The number of aromatic nitrogens is 2. The van der Waals surface area contributed by atoms with E-state index in [1.165, 1.54) is 32.1 Å². The van der Waals surface area contributed by atoms with E-state index in [4.69, 9.17) is 11.6 Å². The molecule has 20 heavy (non-hydrogen) atoms. The van der Waals surface area contributed by atoms with Gasteiger partial charge in [0.2, 0.25) is 5.95 Å². The third-order valence-corrected chi connectivity index (χ3v) is 4.62. The zero-order chi connectivity index (χ0) is 13.9. The maximum atomic E-state index is 6.26. The number of anilines is 2. The summed E-state index contributed by atoms with van der Waals surface area (Å²) < 4.78 is 3.22. The second-order valence-corrected chi connectivity index (χ2v) is 6.52. The van der Waals surface area contributed by atoms with Crippen LogP contribution in [0.2, 0.25) is 5.02 Å². The molecule has 0 spiro atoms. The van der Waals surface area contributed by atoms with Gasteiger partial charge in [-0.25, -0.2) is 4.98 Å². The van der Waals surface area contributed by atoms with Crippen LogP contribution in [0.3, 0.4) is 0 Å². The monoisotopic (exact) mass is 353 g/mol. The summed E-state index contributed by atoms with van der Waals surface area (Å²) in [6.07, 6.45) is 10.3. The molecule has 5 heteroatoms. The van der Waals surface area contributed by atoms with E-state index in [0.29, 0.717) is 11.1 Å². The lowest BCUT2D eigenvalue weighted by Gasteiger charge is -2.24. The number of halogens is 2. The van der Waals surface area contributed by atoms with Crippen molar-refractivity contribution in [2.75, 3.05) is 5.32 Å². The van der Waals surface area contributed by atoms with Gasteiger partial charge >= 0.3 is 0 Å². The fourth-order valence-electron chi connectivity index (χ4n) is 2.78. The van der Waals surface area contributed by atoms with Crippen molar-refractivity contribution in [3.63, 3.8) is 0 Å². The van der Waals surface area contributed by atoms with Crippen molar-refractivity contribution in [2.24, 2.45) is 0 Å². The van der Waals surface area contributed by atoms with Crippen molar-refractivity contribution >= 4 is 39.2 Å². The first-order valence-electron chi connectivity index (χ1n) is 6.99. The molecule has 0 aliphatic heterocycles. The lowest BCUT2D eigenvalue weighted by molar-refractivity contribution is 0.356. The number of imidazole rings is 1. The van der Waals surface area contributed by atoms with Crippen LogP contribution in [0.25, 0.3) is 0 Å². The Morgan fingerprint density at radius 2 is 2.05 bits per heavy atom. The standard InChI is InChI=1S/C15H17BrClN3/c16-11-6-7-14(13(17)10-11)19-15-18-8-9-20(15)12-4-2-1-3-5-12/h6-10,12H,1-5H2,(H,18,19). The Morgan fingerprint density at radius 1 is 1.25 bits per heavy atom. The van der Waals surface area contributed by atoms with Crippen molar-refractivity contribution in [1.29, 1.82) is 0 Å². The normalized spacial score (nSPS) is 16.3. The first-order chi connectivity index (χ1) is 9.74. The maximum absolute atomic E-state index is 6.26.